The Bertz CT molecular complexity index is 241. The van der Waals surface area contributed by atoms with Crippen LogP contribution in [0.4, 0.5) is 0 Å². The molecule has 1 N–H and O–H groups in total. The summed E-state index contributed by atoms with van der Waals surface area (Å²) in [6.45, 7) is 11.8. The first-order chi connectivity index (χ1) is 5.91. The van der Waals surface area contributed by atoms with Crippen LogP contribution >= 0.6 is 0 Å². The van der Waals surface area contributed by atoms with Crippen molar-refractivity contribution < 1.29 is 0 Å². The highest BCUT2D eigenvalue weighted by Crippen LogP contribution is 2.24. The molecular weight excluding hydrogens is 160 g/mol. The Balaban J connectivity index is 2.71. The van der Waals surface area contributed by atoms with Crippen molar-refractivity contribution in [1.29, 1.82) is 0 Å². The highest BCUT2D eigenvalue weighted by molar-refractivity contribution is 5.86. The smallest absolute Gasteiger partial charge is 0.103 e. The molecule has 0 aromatic rings. The lowest BCUT2D eigenvalue weighted by molar-refractivity contribution is 0.476. The van der Waals surface area contributed by atoms with Crippen LogP contribution in [0.5, 0.6) is 0 Å². The van der Waals surface area contributed by atoms with Crippen molar-refractivity contribution in [1.82, 2.24) is 5.32 Å². The lowest BCUT2D eigenvalue weighted by Crippen LogP contribution is -2.35. The summed E-state index contributed by atoms with van der Waals surface area (Å²) in [5.74, 6) is 1.61. The number of allylic oxidation sites excluding steroid dienone is 1. The lowest BCUT2D eigenvalue weighted by Gasteiger charge is -2.28. The molecule has 0 radical (unpaired) electrons. The van der Waals surface area contributed by atoms with Crippen LogP contribution in [0, 0.1) is 11.3 Å². The molecule has 1 aliphatic heterocycles. The number of aliphatic imine (C=N–C) groups is 1. The van der Waals surface area contributed by atoms with Crippen molar-refractivity contribution in [3.63, 3.8) is 0 Å². The molecule has 0 amide bonds. The molecule has 0 bridgehead atoms. The first kappa shape index (κ1) is 10.3. The number of rotatable bonds is 1. The third-order valence-corrected chi connectivity index (χ3v) is 2.17. The van der Waals surface area contributed by atoms with Gasteiger partial charge in [0.2, 0.25) is 0 Å². The van der Waals surface area contributed by atoms with E-state index in [-0.39, 0.29) is 5.41 Å². The molecular formula is C11H20N2. The first-order valence-corrected chi connectivity index (χ1v) is 4.93. The summed E-state index contributed by atoms with van der Waals surface area (Å²) in [6, 6.07) is 0. The van der Waals surface area contributed by atoms with E-state index in [0.717, 1.165) is 12.4 Å². The van der Waals surface area contributed by atoms with Crippen LogP contribution in [-0.2, 0) is 0 Å². The maximum absolute atomic E-state index is 4.42. The van der Waals surface area contributed by atoms with Gasteiger partial charge in [0.05, 0.1) is 6.54 Å². The number of amidine groups is 1. The molecule has 0 fully saturated rings. The zero-order valence-electron chi connectivity index (χ0n) is 9.31. The largest absolute Gasteiger partial charge is 0.347 e. The molecule has 1 rings (SSSR count). The van der Waals surface area contributed by atoms with Gasteiger partial charge in [-0.15, -0.1) is 0 Å². The summed E-state index contributed by atoms with van der Waals surface area (Å²) in [4.78, 5) is 4.42. The Morgan fingerprint density at radius 2 is 2.00 bits per heavy atom. The third-order valence-electron chi connectivity index (χ3n) is 2.17. The highest BCUT2D eigenvalue weighted by atomic mass is 15.0. The third kappa shape index (κ3) is 2.58. The van der Waals surface area contributed by atoms with Gasteiger partial charge in [-0.1, -0.05) is 34.6 Å². The van der Waals surface area contributed by atoms with E-state index in [1.54, 1.807) is 0 Å². The fourth-order valence-electron chi connectivity index (χ4n) is 1.28. The fraction of sp³-hybridized carbons (Fsp3) is 0.727. The van der Waals surface area contributed by atoms with Crippen LogP contribution in [0.15, 0.2) is 16.8 Å². The molecule has 2 nitrogen and oxygen atoms in total. The van der Waals surface area contributed by atoms with Gasteiger partial charge in [-0.3, -0.25) is 4.99 Å². The van der Waals surface area contributed by atoms with E-state index < -0.39 is 0 Å². The molecule has 2 heteroatoms. The van der Waals surface area contributed by atoms with Crippen LogP contribution in [0.25, 0.3) is 0 Å². The van der Waals surface area contributed by atoms with Crippen molar-refractivity contribution in [2.45, 2.75) is 34.6 Å². The zero-order valence-corrected chi connectivity index (χ0v) is 9.31. The zero-order chi connectivity index (χ0) is 10.1. The Kier molecular flexibility index (Phi) is 2.79. The summed E-state index contributed by atoms with van der Waals surface area (Å²) < 4.78 is 0. The molecule has 0 aromatic carbocycles. The fourth-order valence-corrected chi connectivity index (χ4v) is 1.28. The van der Waals surface area contributed by atoms with Crippen LogP contribution < -0.4 is 5.32 Å². The van der Waals surface area contributed by atoms with Crippen LogP contribution in [0.2, 0.25) is 0 Å². The standard InChI is InChI=1S/C11H20N2/c1-8(2)10-12-7-6-9(13-10)11(3,4)5/h6,8H,7H2,1-5H3,(H,12,13). The van der Waals surface area contributed by atoms with Gasteiger partial charge >= 0.3 is 0 Å². The van der Waals surface area contributed by atoms with Crippen molar-refractivity contribution >= 4 is 5.84 Å². The predicted octanol–water partition coefficient (Wildman–Crippen LogP) is 2.57. The van der Waals surface area contributed by atoms with Gasteiger partial charge in [-0.2, -0.15) is 0 Å². The number of nitrogens with one attached hydrogen (secondary N) is 1. The Morgan fingerprint density at radius 1 is 1.38 bits per heavy atom. The second-order valence-electron chi connectivity index (χ2n) is 4.87. The minimum absolute atomic E-state index is 0.204. The molecule has 0 saturated heterocycles. The van der Waals surface area contributed by atoms with Gasteiger partial charge < -0.3 is 5.32 Å². The molecule has 0 unspecified atom stereocenters. The number of nitrogens with zero attached hydrogens (tertiary/aromatic N) is 1. The topological polar surface area (TPSA) is 24.4 Å². The average Bonchev–Trinajstić information content (AvgIpc) is 2.03. The predicted molar refractivity (Wildman–Crippen MR) is 57.8 cm³/mol. The highest BCUT2D eigenvalue weighted by Gasteiger charge is 2.20. The van der Waals surface area contributed by atoms with Crippen LogP contribution in [0.1, 0.15) is 34.6 Å². The molecule has 13 heavy (non-hydrogen) atoms. The normalized spacial score (nSPS) is 18.0. The second kappa shape index (κ2) is 3.52. The summed E-state index contributed by atoms with van der Waals surface area (Å²) in [5, 5.41) is 3.40. The monoisotopic (exact) mass is 180 g/mol. The molecule has 0 aliphatic carbocycles. The van der Waals surface area contributed by atoms with Gasteiger partial charge in [0.25, 0.3) is 0 Å². The summed E-state index contributed by atoms with van der Waals surface area (Å²) in [7, 11) is 0. The Hall–Kier alpha value is -0.790. The van der Waals surface area contributed by atoms with E-state index >= 15 is 0 Å². The van der Waals surface area contributed by atoms with Crippen molar-refractivity contribution in [3.05, 3.63) is 11.8 Å². The van der Waals surface area contributed by atoms with Gasteiger partial charge in [-0.05, 0) is 6.08 Å². The number of hydrogen-bond acceptors (Lipinski definition) is 2. The first-order valence-electron chi connectivity index (χ1n) is 4.93. The van der Waals surface area contributed by atoms with E-state index in [4.69, 9.17) is 0 Å². The summed E-state index contributed by atoms with van der Waals surface area (Å²) >= 11 is 0. The minimum atomic E-state index is 0.204. The Labute approximate surface area is 81.1 Å². The van der Waals surface area contributed by atoms with E-state index in [2.05, 4.69) is 51.0 Å². The summed E-state index contributed by atoms with van der Waals surface area (Å²) in [5.41, 5.74) is 1.50. The molecule has 1 heterocycles. The van der Waals surface area contributed by atoms with Gasteiger partial charge in [0.1, 0.15) is 5.84 Å². The van der Waals surface area contributed by atoms with Crippen molar-refractivity contribution in [2.24, 2.45) is 16.3 Å². The second-order valence-corrected chi connectivity index (χ2v) is 4.87. The number of hydrogen-bond donors (Lipinski definition) is 1. The maximum Gasteiger partial charge on any atom is 0.103 e. The van der Waals surface area contributed by atoms with E-state index in [9.17, 15) is 0 Å². The lowest BCUT2D eigenvalue weighted by atomic mass is 9.90. The summed E-state index contributed by atoms with van der Waals surface area (Å²) in [6.07, 6.45) is 2.17. The average molecular weight is 180 g/mol. The minimum Gasteiger partial charge on any atom is -0.347 e. The van der Waals surface area contributed by atoms with Crippen LogP contribution in [0.3, 0.4) is 0 Å². The SMILES string of the molecule is CC(C)C1=NCC=C(C(C)(C)C)N1. The van der Waals surface area contributed by atoms with E-state index in [1.807, 2.05) is 0 Å². The van der Waals surface area contributed by atoms with E-state index in [1.165, 1.54) is 5.70 Å². The quantitative estimate of drug-likeness (QED) is 0.659. The maximum atomic E-state index is 4.42. The van der Waals surface area contributed by atoms with E-state index in [0.29, 0.717) is 5.92 Å². The molecule has 0 spiro atoms. The van der Waals surface area contributed by atoms with Gasteiger partial charge in [-0.25, -0.2) is 0 Å². The van der Waals surface area contributed by atoms with Gasteiger partial charge in [0, 0.05) is 17.0 Å². The molecule has 0 saturated carbocycles. The molecule has 74 valence electrons. The van der Waals surface area contributed by atoms with Crippen molar-refractivity contribution in [3.8, 4) is 0 Å². The Morgan fingerprint density at radius 3 is 2.46 bits per heavy atom. The van der Waals surface area contributed by atoms with Crippen LogP contribution in [-0.4, -0.2) is 12.4 Å². The molecule has 0 atom stereocenters. The van der Waals surface area contributed by atoms with Crippen molar-refractivity contribution in [2.75, 3.05) is 6.54 Å². The van der Waals surface area contributed by atoms with Gasteiger partial charge in [0.15, 0.2) is 0 Å². The molecule has 0 aromatic heterocycles. The molecule has 1 aliphatic rings.